The second kappa shape index (κ2) is 6.18. The van der Waals surface area contributed by atoms with Crippen molar-refractivity contribution in [3.63, 3.8) is 0 Å². The zero-order valence-corrected chi connectivity index (χ0v) is 10.8. The Labute approximate surface area is 106 Å². The lowest BCUT2D eigenvalue weighted by Crippen LogP contribution is -2.30. The number of thiophene rings is 1. The summed E-state index contributed by atoms with van der Waals surface area (Å²) in [7, 11) is 2.14. The van der Waals surface area contributed by atoms with Gasteiger partial charge < -0.3 is 9.84 Å². The van der Waals surface area contributed by atoms with Crippen LogP contribution >= 0.6 is 11.3 Å². The van der Waals surface area contributed by atoms with Crippen molar-refractivity contribution in [3.8, 4) is 11.8 Å². The largest absolute Gasteiger partial charge is 0.384 e. The van der Waals surface area contributed by atoms with Gasteiger partial charge in [0.2, 0.25) is 0 Å². The predicted octanol–water partition coefficient (Wildman–Crippen LogP) is 1.31. The highest BCUT2D eigenvalue weighted by Gasteiger charge is 2.20. The van der Waals surface area contributed by atoms with Crippen molar-refractivity contribution in [2.75, 3.05) is 26.9 Å². The second-order valence-corrected chi connectivity index (χ2v) is 5.33. The van der Waals surface area contributed by atoms with Crippen molar-refractivity contribution in [3.05, 3.63) is 21.9 Å². The summed E-state index contributed by atoms with van der Waals surface area (Å²) in [6, 6.07) is 4.67. The van der Waals surface area contributed by atoms with Crippen molar-refractivity contribution in [1.82, 2.24) is 4.90 Å². The Bertz CT molecular complexity index is 413. The van der Waals surface area contributed by atoms with Crippen LogP contribution in [-0.2, 0) is 11.3 Å². The summed E-state index contributed by atoms with van der Waals surface area (Å²) in [5, 5.41) is 8.63. The zero-order valence-electron chi connectivity index (χ0n) is 9.98. The molecule has 2 rings (SSSR count). The van der Waals surface area contributed by atoms with Gasteiger partial charge in [-0.05, 0) is 25.6 Å². The first-order valence-electron chi connectivity index (χ1n) is 5.76. The number of aliphatic hydroxyl groups is 1. The summed E-state index contributed by atoms with van der Waals surface area (Å²) in [6.45, 7) is 2.60. The van der Waals surface area contributed by atoms with Crippen LogP contribution in [0.15, 0.2) is 12.1 Å². The van der Waals surface area contributed by atoms with Crippen LogP contribution in [0.5, 0.6) is 0 Å². The molecular formula is C13H17NO2S. The maximum absolute atomic E-state index is 8.63. The van der Waals surface area contributed by atoms with E-state index in [4.69, 9.17) is 9.84 Å². The van der Waals surface area contributed by atoms with Crippen molar-refractivity contribution < 1.29 is 9.84 Å². The van der Waals surface area contributed by atoms with Gasteiger partial charge in [0.05, 0.1) is 11.5 Å². The van der Waals surface area contributed by atoms with E-state index in [9.17, 15) is 0 Å². The van der Waals surface area contributed by atoms with Crippen molar-refractivity contribution in [2.45, 2.75) is 19.0 Å². The van der Waals surface area contributed by atoms with Crippen LogP contribution in [0.2, 0.25) is 0 Å². The lowest BCUT2D eigenvalue weighted by molar-refractivity contribution is 0.157. The third-order valence-electron chi connectivity index (χ3n) is 2.89. The van der Waals surface area contributed by atoms with Crippen LogP contribution in [0, 0.1) is 11.8 Å². The maximum atomic E-state index is 8.63. The highest BCUT2D eigenvalue weighted by molar-refractivity contribution is 7.12. The Morgan fingerprint density at radius 1 is 1.59 bits per heavy atom. The fourth-order valence-corrected chi connectivity index (χ4v) is 2.85. The minimum absolute atomic E-state index is 0.0768. The predicted molar refractivity (Wildman–Crippen MR) is 69.0 cm³/mol. The summed E-state index contributed by atoms with van der Waals surface area (Å²) in [5.74, 6) is 5.60. The van der Waals surface area contributed by atoms with E-state index in [1.165, 1.54) is 4.88 Å². The monoisotopic (exact) mass is 251 g/mol. The van der Waals surface area contributed by atoms with Crippen molar-refractivity contribution in [2.24, 2.45) is 0 Å². The van der Waals surface area contributed by atoms with Gasteiger partial charge in [-0.15, -0.1) is 11.3 Å². The molecular weight excluding hydrogens is 234 g/mol. The smallest absolute Gasteiger partial charge is 0.104 e. The number of aliphatic hydroxyl groups excluding tert-OH is 1. The molecule has 0 amide bonds. The van der Waals surface area contributed by atoms with E-state index >= 15 is 0 Å². The molecule has 0 spiro atoms. The number of likely N-dealkylation sites (N-methyl/N-ethyl adjacent to an activating group) is 1. The van der Waals surface area contributed by atoms with E-state index in [2.05, 4.69) is 29.9 Å². The third-order valence-corrected chi connectivity index (χ3v) is 3.87. The van der Waals surface area contributed by atoms with E-state index in [1.54, 1.807) is 11.3 Å². The first-order valence-corrected chi connectivity index (χ1v) is 6.57. The van der Waals surface area contributed by atoms with E-state index < -0.39 is 0 Å². The van der Waals surface area contributed by atoms with Gasteiger partial charge >= 0.3 is 0 Å². The fraction of sp³-hybridized carbons (Fsp3) is 0.538. The molecule has 1 aliphatic rings. The molecule has 0 aromatic carbocycles. The Kier molecular flexibility index (Phi) is 4.57. The van der Waals surface area contributed by atoms with Gasteiger partial charge in [0.1, 0.15) is 6.61 Å². The first kappa shape index (κ1) is 12.6. The van der Waals surface area contributed by atoms with E-state index in [1.807, 2.05) is 6.07 Å². The molecule has 1 N–H and O–H groups in total. The second-order valence-electron chi connectivity index (χ2n) is 4.16. The lowest BCUT2D eigenvalue weighted by Gasteiger charge is -2.21. The van der Waals surface area contributed by atoms with E-state index in [0.29, 0.717) is 6.04 Å². The normalized spacial score (nSPS) is 19.4. The Morgan fingerprint density at radius 3 is 3.18 bits per heavy atom. The summed E-state index contributed by atoms with van der Waals surface area (Å²) in [6.07, 6.45) is 1.12. The van der Waals surface area contributed by atoms with Gasteiger partial charge in [-0.3, -0.25) is 4.90 Å². The zero-order chi connectivity index (χ0) is 12.1. The van der Waals surface area contributed by atoms with E-state index in [0.717, 1.165) is 31.1 Å². The molecule has 0 radical (unpaired) electrons. The minimum atomic E-state index is -0.0768. The van der Waals surface area contributed by atoms with Crippen LogP contribution in [0.4, 0.5) is 0 Å². The fourth-order valence-electron chi connectivity index (χ4n) is 1.90. The molecule has 0 saturated carbocycles. The molecule has 1 fully saturated rings. The maximum Gasteiger partial charge on any atom is 0.104 e. The molecule has 1 saturated heterocycles. The molecule has 92 valence electrons. The summed E-state index contributed by atoms with van der Waals surface area (Å²) < 4.78 is 5.39. The van der Waals surface area contributed by atoms with Crippen LogP contribution in [0.1, 0.15) is 16.2 Å². The minimum Gasteiger partial charge on any atom is -0.384 e. The SMILES string of the molecule is CN(Cc1ccc(C#CCO)s1)C1CCOC1. The van der Waals surface area contributed by atoms with Crippen LogP contribution in [0.25, 0.3) is 0 Å². The number of ether oxygens (including phenoxy) is 1. The summed E-state index contributed by atoms with van der Waals surface area (Å²) in [5.41, 5.74) is 0. The topological polar surface area (TPSA) is 32.7 Å². The summed E-state index contributed by atoms with van der Waals surface area (Å²) in [4.78, 5) is 4.66. The first-order chi connectivity index (χ1) is 8.29. The summed E-state index contributed by atoms with van der Waals surface area (Å²) >= 11 is 1.69. The number of nitrogens with zero attached hydrogens (tertiary/aromatic N) is 1. The molecule has 1 atom stereocenters. The molecule has 2 heterocycles. The van der Waals surface area contributed by atoms with E-state index in [-0.39, 0.29) is 6.61 Å². The lowest BCUT2D eigenvalue weighted by atomic mass is 10.2. The van der Waals surface area contributed by atoms with Gasteiger partial charge in [-0.1, -0.05) is 11.8 Å². The van der Waals surface area contributed by atoms with Crippen LogP contribution < -0.4 is 0 Å². The number of hydrogen-bond acceptors (Lipinski definition) is 4. The van der Waals surface area contributed by atoms with Gasteiger partial charge in [0, 0.05) is 24.1 Å². The average Bonchev–Trinajstić information content (AvgIpc) is 2.97. The Balaban J connectivity index is 1.91. The molecule has 1 aromatic rings. The van der Waals surface area contributed by atoms with Crippen molar-refractivity contribution in [1.29, 1.82) is 0 Å². The van der Waals surface area contributed by atoms with Gasteiger partial charge in [0.25, 0.3) is 0 Å². The molecule has 0 aliphatic carbocycles. The Morgan fingerprint density at radius 2 is 2.47 bits per heavy atom. The quantitative estimate of drug-likeness (QED) is 0.822. The molecule has 3 nitrogen and oxygen atoms in total. The molecule has 0 bridgehead atoms. The van der Waals surface area contributed by atoms with Gasteiger partial charge in [-0.2, -0.15) is 0 Å². The van der Waals surface area contributed by atoms with Gasteiger partial charge in [0.15, 0.2) is 0 Å². The number of rotatable bonds is 3. The highest BCUT2D eigenvalue weighted by atomic mass is 32.1. The molecule has 17 heavy (non-hydrogen) atoms. The standard InChI is InChI=1S/C13H17NO2S/c1-14(11-6-8-16-10-11)9-13-5-4-12(17-13)3-2-7-15/h4-5,11,15H,6-10H2,1H3. The van der Waals surface area contributed by atoms with Crippen LogP contribution in [-0.4, -0.2) is 42.9 Å². The Hall–Kier alpha value is -0.860. The van der Waals surface area contributed by atoms with Crippen LogP contribution in [0.3, 0.4) is 0 Å². The molecule has 4 heteroatoms. The number of hydrogen-bond donors (Lipinski definition) is 1. The highest BCUT2D eigenvalue weighted by Crippen LogP contribution is 2.19. The molecule has 1 aromatic heterocycles. The van der Waals surface area contributed by atoms with Crippen molar-refractivity contribution >= 4 is 11.3 Å². The van der Waals surface area contributed by atoms with Gasteiger partial charge in [-0.25, -0.2) is 0 Å². The molecule has 1 aliphatic heterocycles. The average molecular weight is 251 g/mol. The third kappa shape index (κ3) is 3.55. The molecule has 1 unspecified atom stereocenters.